The van der Waals surface area contributed by atoms with Crippen LogP contribution in [0.25, 0.3) is 0 Å². The Morgan fingerprint density at radius 1 is 0.875 bits per heavy atom. The van der Waals surface area contributed by atoms with Gasteiger partial charge >= 0.3 is 89.0 Å². The first kappa shape index (κ1) is 18.6. The van der Waals surface area contributed by atoms with Crippen LogP contribution in [0.2, 0.25) is 0 Å². The molecule has 0 bridgehead atoms. The molecule has 0 atom stereocenters. The van der Waals surface area contributed by atoms with E-state index in [9.17, 15) is 0 Å². The van der Waals surface area contributed by atoms with Crippen molar-refractivity contribution in [2.45, 2.75) is 34.1 Å². The van der Waals surface area contributed by atoms with Crippen LogP contribution in [0.4, 0.5) is 0 Å². The molecular formula is C13H20Cl2Ti. The molecule has 0 radical (unpaired) electrons. The Balaban J connectivity index is 0. The first-order chi connectivity index (χ1) is 6.27. The van der Waals surface area contributed by atoms with Gasteiger partial charge in [0.05, 0.1) is 0 Å². The quantitative estimate of drug-likeness (QED) is 0.628. The van der Waals surface area contributed by atoms with Gasteiger partial charge in [0.1, 0.15) is 0 Å². The summed E-state index contributed by atoms with van der Waals surface area (Å²) >= 11 is 0.0324. The van der Waals surface area contributed by atoms with Crippen molar-refractivity contribution in [2.75, 3.05) is 0 Å². The molecule has 2 rings (SSSR count). The van der Waals surface area contributed by atoms with Crippen molar-refractivity contribution in [3.8, 4) is 0 Å². The van der Waals surface area contributed by atoms with Crippen LogP contribution in [0.5, 0.6) is 0 Å². The van der Waals surface area contributed by atoms with E-state index in [0.717, 1.165) is 0 Å². The van der Waals surface area contributed by atoms with Crippen molar-refractivity contribution >= 4 is 24.8 Å². The van der Waals surface area contributed by atoms with Gasteiger partial charge in [0, 0.05) is 0 Å². The number of hydrogen-bond donors (Lipinski definition) is 0. The second-order valence-corrected chi connectivity index (χ2v) is 5.94. The molecule has 0 saturated carbocycles. The summed E-state index contributed by atoms with van der Waals surface area (Å²) in [6.07, 6.45) is 11.6. The Hall–Kier alpha value is 0.254. The van der Waals surface area contributed by atoms with Crippen molar-refractivity contribution in [2.24, 2.45) is 0 Å². The van der Waals surface area contributed by atoms with Gasteiger partial charge in [0.25, 0.3) is 0 Å². The third-order valence-electron chi connectivity index (χ3n) is 2.63. The Kier molecular flexibility index (Phi) is 9.73. The molecule has 90 valence electrons. The van der Waals surface area contributed by atoms with Crippen LogP contribution in [-0.4, -0.2) is 0 Å². The molecule has 0 fully saturated rings. The normalized spacial score (nSPS) is 16.9. The Bertz CT molecular complexity index is 315. The third kappa shape index (κ3) is 4.26. The minimum atomic E-state index is 0. The summed E-state index contributed by atoms with van der Waals surface area (Å²) < 4.78 is 3.47. The second kappa shape index (κ2) is 8.36. The Morgan fingerprint density at radius 2 is 1.25 bits per heavy atom. The molecule has 0 heterocycles. The molecule has 0 aromatic heterocycles. The summed E-state index contributed by atoms with van der Waals surface area (Å²) in [7, 11) is 0. The summed E-state index contributed by atoms with van der Waals surface area (Å²) in [6.45, 7) is 4.50. The molecule has 0 N–H and O–H groups in total. The molecule has 0 nitrogen and oxygen atoms in total. The molecule has 0 amide bonds. The molecule has 2 aliphatic rings. The summed E-state index contributed by atoms with van der Waals surface area (Å²) in [6, 6.07) is 0. The van der Waals surface area contributed by atoms with Crippen LogP contribution in [-0.2, 0) is 19.2 Å². The zero-order chi connectivity index (χ0) is 9.26. The van der Waals surface area contributed by atoms with E-state index in [0.29, 0.717) is 0 Å². The molecule has 0 spiro atoms. The van der Waals surface area contributed by atoms with Crippen molar-refractivity contribution < 1.29 is 19.2 Å². The maximum absolute atomic E-state index is 2.30. The monoisotopic (exact) mass is 294 g/mol. The fraction of sp³-hybridized carbons (Fsp3) is 0.385. The van der Waals surface area contributed by atoms with Crippen molar-refractivity contribution in [1.82, 2.24) is 0 Å². The third-order valence-corrected chi connectivity index (χ3v) is 5.44. The fourth-order valence-electron chi connectivity index (χ4n) is 1.71. The molecule has 0 aromatic carbocycles. The zero-order valence-corrected chi connectivity index (χ0v) is 12.2. The largest absolute Gasteiger partial charge is 0.147 e. The number of allylic oxidation sites excluding steroid dienone is 8. The van der Waals surface area contributed by atoms with Crippen LogP contribution in [0.1, 0.15) is 34.1 Å². The van der Waals surface area contributed by atoms with E-state index < -0.39 is 0 Å². The van der Waals surface area contributed by atoms with Crippen LogP contribution in [0, 0.1) is 0 Å². The minimum Gasteiger partial charge on any atom is -0.147 e. The summed E-state index contributed by atoms with van der Waals surface area (Å²) in [5.74, 6) is 0. The first-order valence-corrected chi connectivity index (χ1v) is 6.33. The van der Waals surface area contributed by atoms with E-state index in [1.807, 2.05) is 0 Å². The van der Waals surface area contributed by atoms with Gasteiger partial charge in [-0.2, -0.15) is 0 Å². The first-order valence-electron chi connectivity index (χ1n) is 4.77. The summed E-state index contributed by atoms with van der Waals surface area (Å²) in [4.78, 5) is 0. The van der Waals surface area contributed by atoms with Gasteiger partial charge < -0.3 is 0 Å². The molecule has 0 saturated heterocycles. The maximum Gasteiger partial charge on any atom is -0.147 e. The molecule has 0 unspecified atom stereocenters. The van der Waals surface area contributed by atoms with Crippen LogP contribution in [0.15, 0.2) is 43.2 Å². The SMILES string of the molecule is C.CC1=[C]([Ti][C]2=C(C)C=CC2)CC=C1.Cl.Cl. The van der Waals surface area contributed by atoms with Gasteiger partial charge in [-0.05, 0) is 0 Å². The van der Waals surface area contributed by atoms with E-state index in [2.05, 4.69) is 38.2 Å². The van der Waals surface area contributed by atoms with Crippen molar-refractivity contribution in [3.05, 3.63) is 43.2 Å². The minimum absolute atomic E-state index is 0. The molecule has 2 aliphatic carbocycles. The Morgan fingerprint density at radius 3 is 1.50 bits per heavy atom. The summed E-state index contributed by atoms with van der Waals surface area (Å²) in [5, 5.41) is 0. The predicted molar refractivity (Wildman–Crippen MR) is 74.1 cm³/mol. The fourth-order valence-corrected chi connectivity index (χ4v) is 3.84. The number of rotatable bonds is 2. The smallest absolute Gasteiger partial charge is 0.147 e. The van der Waals surface area contributed by atoms with E-state index in [4.69, 9.17) is 0 Å². The molecule has 0 aromatic rings. The van der Waals surface area contributed by atoms with E-state index in [-0.39, 0.29) is 51.4 Å². The zero-order valence-electron chi connectivity index (χ0n) is 9.04. The van der Waals surface area contributed by atoms with Gasteiger partial charge in [-0.3, -0.25) is 0 Å². The average molecular weight is 295 g/mol. The predicted octanol–water partition coefficient (Wildman–Crippen LogP) is 5.02. The average Bonchev–Trinajstić information content (AvgIpc) is 2.65. The topological polar surface area (TPSA) is 0 Å². The van der Waals surface area contributed by atoms with E-state index >= 15 is 0 Å². The Labute approximate surface area is 121 Å². The maximum atomic E-state index is 2.30. The molecule has 3 heteroatoms. The molecular weight excluding hydrogens is 275 g/mol. The molecule has 16 heavy (non-hydrogen) atoms. The molecule has 0 aliphatic heterocycles. The van der Waals surface area contributed by atoms with Gasteiger partial charge in [0.2, 0.25) is 0 Å². The van der Waals surface area contributed by atoms with Gasteiger partial charge in [-0.15, -0.1) is 24.8 Å². The number of halogens is 2. The van der Waals surface area contributed by atoms with Crippen molar-refractivity contribution in [3.63, 3.8) is 0 Å². The van der Waals surface area contributed by atoms with Crippen LogP contribution < -0.4 is 0 Å². The van der Waals surface area contributed by atoms with E-state index in [1.54, 1.807) is 7.76 Å². The van der Waals surface area contributed by atoms with Gasteiger partial charge in [-0.25, -0.2) is 0 Å². The van der Waals surface area contributed by atoms with Crippen LogP contribution >= 0.6 is 24.8 Å². The van der Waals surface area contributed by atoms with E-state index in [1.165, 1.54) is 24.0 Å². The number of hydrogen-bond acceptors (Lipinski definition) is 0. The summed E-state index contributed by atoms with van der Waals surface area (Å²) in [5.41, 5.74) is 3.07. The standard InChI is InChI=1S/2C6H7.CH4.2ClH.Ti/c2*1-6-4-2-3-5-6;;;;/h2*2,4H,3H2,1H3;1H4;2*1H;. The van der Waals surface area contributed by atoms with Crippen LogP contribution in [0.3, 0.4) is 0 Å². The van der Waals surface area contributed by atoms with Gasteiger partial charge in [0.15, 0.2) is 0 Å². The van der Waals surface area contributed by atoms with Gasteiger partial charge in [-0.1, -0.05) is 7.43 Å². The van der Waals surface area contributed by atoms with Crippen molar-refractivity contribution in [1.29, 1.82) is 0 Å². The second-order valence-electron chi connectivity index (χ2n) is 3.66.